The number of halogens is 1. The third-order valence-corrected chi connectivity index (χ3v) is 6.47. The normalized spacial score (nSPS) is 13.2. The largest absolute Gasteiger partial charge is 0.490 e. The summed E-state index contributed by atoms with van der Waals surface area (Å²) in [7, 11) is 0. The number of amides is 1. The second-order valence-corrected chi connectivity index (χ2v) is 9.23. The van der Waals surface area contributed by atoms with E-state index in [4.69, 9.17) is 25.8 Å². The van der Waals surface area contributed by atoms with E-state index in [1.807, 2.05) is 42.2 Å². The maximum Gasteiger partial charge on any atom is 0.337 e. The van der Waals surface area contributed by atoms with Crippen molar-refractivity contribution in [3.63, 3.8) is 0 Å². The molecule has 4 rings (SSSR count). The summed E-state index contributed by atoms with van der Waals surface area (Å²) >= 11 is 6.62. The van der Waals surface area contributed by atoms with Gasteiger partial charge in [0.1, 0.15) is 6.61 Å². The molecule has 8 nitrogen and oxygen atoms in total. The zero-order chi connectivity index (χ0) is 27.1. The Morgan fingerprint density at radius 1 is 1.03 bits per heavy atom. The first-order valence-electron chi connectivity index (χ1n) is 12.5. The van der Waals surface area contributed by atoms with Crippen LogP contribution in [-0.4, -0.2) is 49.9 Å². The molecule has 0 saturated carbocycles. The fraction of sp³-hybridized carbons (Fsp3) is 0.310. The fourth-order valence-electron chi connectivity index (χ4n) is 4.36. The predicted octanol–water partition coefficient (Wildman–Crippen LogP) is 5.41. The number of hydrogen-bond donors (Lipinski definition) is 1. The number of morpholine rings is 1. The van der Waals surface area contributed by atoms with Crippen LogP contribution in [0.3, 0.4) is 0 Å². The second-order valence-electron chi connectivity index (χ2n) is 8.82. The first kappa shape index (κ1) is 27.3. The molecule has 1 aliphatic heterocycles. The summed E-state index contributed by atoms with van der Waals surface area (Å²) in [6.45, 7) is 6.50. The number of rotatable bonds is 10. The summed E-state index contributed by atoms with van der Waals surface area (Å²) in [4.78, 5) is 28.3. The van der Waals surface area contributed by atoms with Crippen molar-refractivity contribution in [3.05, 3.63) is 82.4 Å². The third kappa shape index (κ3) is 6.57. The molecule has 0 aromatic heterocycles. The summed E-state index contributed by atoms with van der Waals surface area (Å²) in [6.07, 6.45) is 0. The smallest absolute Gasteiger partial charge is 0.337 e. The lowest BCUT2D eigenvalue weighted by atomic mass is 10.1. The summed E-state index contributed by atoms with van der Waals surface area (Å²) < 4.78 is 17.2. The number of carbonyl (C=O) groups excluding carboxylic acids is 1. The Kier molecular flexibility index (Phi) is 9.10. The maximum absolute atomic E-state index is 12.7. The summed E-state index contributed by atoms with van der Waals surface area (Å²) in [5.41, 5.74) is 2.93. The molecule has 1 N–H and O–H groups in total. The minimum atomic E-state index is -1.06. The van der Waals surface area contributed by atoms with Gasteiger partial charge in [-0.15, -0.1) is 0 Å². The average Bonchev–Trinajstić information content (AvgIpc) is 2.92. The van der Waals surface area contributed by atoms with Gasteiger partial charge in [0.15, 0.2) is 11.5 Å². The molecule has 1 saturated heterocycles. The van der Waals surface area contributed by atoms with Gasteiger partial charge in [0.25, 0.3) is 0 Å². The molecule has 200 valence electrons. The Bertz CT molecular complexity index is 1280. The van der Waals surface area contributed by atoms with E-state index in [0.717, 1.165) is 11.1 Å². The summed E-state index contributed by atoms with van der Waals surface area (Å²) in [6, 6.07) is 18.3. The Morgan fingerprint density at radius 2 is 1.76 bits per heavy atom. The molecule has 1 amide bonds. The minimum Gasteiger partial charge on any atom is -0.490 e. The first-order valence-corrected chi connectivity index (χ1v) is 12.8. The third-order valence-electron chi connectivity index (χ3n) is 6.19. The predicted molar refractivity (Wildman–Crippen MR) is 147 cm³/mol. The molecule has 0 radical (unpaired) electrons. The number of aromatic carboxylic acids is 1. The minimum absolute atomic E-state index is 0.133. The van der Waals surface area contributed by atoms with Crippen molar-refractivity contribution >= 4 is 34.9 Å². The van der Waals surface area contributed by atoms with Gasteiger partial charge in [-0.25, -0.2) is 4.79 Å². The van der Waals surface area contributed by atoms with Gasteiger partial charge in [0.05, 0.1) is 42.6 Å². The average molecular weight is 539 g/mol. The number of benzene rings is 3. The van der Waals surface area contributed by atoms with Crippen molar-refractivity contribution in [1.29, 1.82) is 0 Å². The molecule has 0 unspecified atom stereocenters. The molecule has 1 fully saturated rings. The van der Waals surface area contributed by atoms with Crippen LogP contribution >= 0.6 is 11.6 Å². The lowest BCUT2D eigenvalue weighted by molar-refractivity contribution is -0.116. The van der Waals surface area contributed by atoms with Crippen molar-refractivity contribution < 1.29 is 28.9 Å². The van der Waals surface area contributed by atoms with E-state index < -0.39 is 5.97 Å². The van der Waals surface area contributed by atoms with E-state index in [2.05, 4.69) is 0 Å². The van der Waals surface area contributed by atoms with Crippen molar-refractivity contribution in [2.45, 2.75) is 27.0 Å². The van der Waals surface area contributed by atoms with Crippen molar-refractivity contribution in [2.24, 2.45) is 0 Å². The molecule has 3 aromatic carbocycles. The molecule has 38 heavy (non-hydrogen) atoms. The topological polar surface area (TPSA) is 88.5 Å². The standard InChI is InChI=1S/C29H31ClN2O6/c1-3-37-27-16-22(15-25(30)28(27)38-19-21-7-5-4-6-8-21)18-32(20(2)33)23-9-10-26(24(17-23)29(34)35)31-11-13-36-14-12-31/h4-10,15-17H,3,11-14,18-19H2,1-2H3,(H,34,35). The Labute approximate surface area is 227 Å². The highest BCUT2D eigenvalue weighted by Crippen LogP contribution is 2.38. The number of ether oxygens (including phenoxy) is 3. The van der Waals surface area contributed by atoms with Gasteiger partial charge in [0, 0.05) is 25.7 Å². The van der Waals surface area contributed by atoms with Crippen molar-refractivity contribution in [1.82, 2.24) is 0 Å². The highest BCUT2D eigenvalue weighted by Gasteiger charge is 2.22. The van der Waals surface area contributed by atoms with Gasteiger partial charge in [-0.1, -0.05) is 41.9 Å². The van der Waals surface area contributed by atoms with Crippen LogP contribution in [0.5, 0.6) is 11.5 Å². The number of carboxylic acids is 1. The van der Waals surface area contributed by atoms with Crippen molar-refractivity contribution in [2.75, 3.05) is 42.7 Å². The van der Waals surface area contributed by atoms with Gasteiger partial charge >= 0.3 is 5.97 Å². The molecule has 3 aromatic rings. The molecule has 9 heteroatoms. The highest BCUT2D eigenvalue weighted by atomic mass is 35.5. The molecule has 1 aliphatic rings. The molecule has 0 bridgehead atoms. The first-order chi connectivity index (χ1) is 18.4. The zero-order valence-electron chi connectivity index (χ0n) is 21.5. The maximum atomic E-state index is 12.7. The number of carboxylic acid groups (broad SMARTS) is 1. The highest BCUT2D eigenvalue weighted by molar-refractivity contribution is 6.32. The van der Waals surface area contributed by atoms with Crippen LogP contribution in [0.1, 0.15) is 35.3 Å². The SMILES string of the molecule is CCOc1cc(CN(C(C)=O)c2ccc(N3CCOCC3)c(C(=O)O)c2)cc(Cl)c1OCc1ccccc1. The van der Waals surface area contributed by atoms with Crippen LogP contribution in [0.2, 0.25) is 5.02 Å². The van der Waals surface area contributed by atoms with Gasteiger partial charge in [-0.3, -0.25) is 4.79 Å². The van der Waals surface area contributed by atoms with Gasteiger partial charge in [-0.05, 0) is 48.4 Å². The Balaban J connectivity index is 1.61. The zero-order valence-corrected chi connectivity index (χ0v) is 22.2. The van der Waals surface area contributed by atoms with Gasteiger partial charge in [0.2, 0.25) is 5.91 Å². The molecule has 0 aliphatic carbocycles. The van der Waals surface area contributed by atoms with Crippen LogP contribution in [0.25, 0.3) is 0 Å². The second kappa shape index (κ2) is 12.7. The number of anilines is 2. The Morgan fingerprint density at radius 3 is 2.42 bits per heavy atom. The lowest BCUT2D eigenvalue weighted by Gasteiger charge is -2.31. The molecular formula is C29H31ClN2O6. The fourth-order valence-corrected chi connectivity index (χ4v) is 4.64. The molecular weight excluding hydrogens is 508 g/mol. The van der Waals surface area contributed by atoms with E-state index >= 15 is 0 Å². The summed E-state index contributed by atoms with van der Waals surface area (Å²) in [5.74, 6) is -0.390. The van der Waals surface area contributed by atoms with Crippen LogP contribution in [0.15, 0.2) is 60.7 Å². The van der Waals surface area contributed by atoms with E-state index in [1.54, 1.807) is 24.3 Å². The van der Waals surface area contributed by atoms with Crippen molar-refractivity contribution in [3.8, 4) is 11.5 Å². The quantitative estimate of drug-likeness (QED) is 0.369. The van der Waals surface area contributed by atoms with Crippen LogP contribution < -0.4 is 19.3 Å². The van der Waals surface area contributed by atoms with E-state index in [-0.39, 0.29) is 18.0 Å². The van der Waals surface area contributed by atoms with Gasteiger partial charge < -0.3 is 29.1 Å². The lowest BCUT2D eigenvalue weighted by Crippen LogP contribution is -2.37. The van der Waals surface area contributed by atoms with E-state index in [1.165, 1.54) is 17.9 Å². The molecule has 0 atom stereocenters. The van der Waals surface area contributed by atoms with Crippen LogP contribution in [-0.2, 0) is 22.7 Å². The van der Waals surface area contributed by atoms with Gasteiger partial charge in [-0.2, -0.15) is 0 Å². The Hall–Kier alpha value is -3.75. The number of carbonyl (C=O) groups is 2. The van der Waals surface area contributed by atoms with Crippen LogP contribution in [0.4, 0.5) is 11.4 Å². The van der Waals surface area contributed by atoms with Crippen LogP contribution in [0, 0.1) is 0 Å². The number of hydrogen-bond acceptors (Lipinski definition) is 6. The number of nitrogens with zero attached hydrogens (tertiary/aromatic N) is 2. The van der Waals surface area contributed by atoms with E-state index in [0.29, 0.717) is 67.4 Å². The molecule has 1 heterocycles. The molecule has 0 spiro atoms. The summed E-state index contributed by atoms with van der Waals surface area (Å²) in [5, 5.41) is 10.3. The van der Waals surface area contributed by atoms with E-state index in [9.17, 15) is 14.7 Å². The monoisotopic (exact) mass is 538 g/mol.